The number of rotatable bonds is 2. The van der Waals surface area contributed by atoms with Crippen molar-refractivity contribution in [3.8, 4) is 5.75 Å². The average Bonchev–Trinajstić information content (AvgIpc) is 2.42. The zero-order chi connectivity index (χ0) is 14.7. The standard InChI is InChI=1S/C13H13Br2NO3S/c1-8(17)19-12-10(14)6-9(7-11(12)15)13(20)16-2-4-18-5-3-16/h6-7H,2-5H2,1H3. The monoisotopic (exact) mass is 421 g/mol. The summed E-state index contributed by atoms with van der Waals surface area (Å²) in [5.41, 5.74) is 0.900. The van der Waals surface area contributed by atoms with Crippen molar-refractivity contribution < 1.29 is 14.3 Å². The number of hydrogen-bond acceptors (Lipinski definition) is 4. The van der Waals surface area contributed by atoms with Gasteiger partial charge in [0.1, 0.15) is 4.99 Å². The van der Waals surface area contributed by atoms with Gasteiger partial charge in [-0.2, -0.15) is 0 Å². The van der Waals surface area contributed by atoms with Crippen molar-refractivity contribution in [1.29, 1.82) is 0 Å². The normalized spacial score (nSPS) is 15.1. The second kappa shape index (κ2) is 6.98. The van der Waals surface area contributed by atoms with Crippen molar-refractivity contribution in [3.05, 3.63) is 26.6 Å². The van der Waals surface area contributed by atoms with Crippen molar-refractivity contribution >= 4 is 55.0 Å². The van der Waals surface area contributed by atoms with Crippen molar-refractivity contribution in [2.24, 2.45) is 0 Å². The molecular formula is C13H13Br2NO3S. The fourth-order valence-electron chi connectivity index (χ4n) is 1.87. The highest BCUT2D eigenvalue weighted by Crippen LogP contribution is 2.35. The number of carbonyl (C=O) groups excluding carboxylic acids is 1. The summed E-state index contributed by atoms with van der Waals surface area (Å²) in [6.07, 6.45) is 0. The molecule has 1 aromatic carbocycles. The number of halogens is 2. The molecule has 0 N–H and O–H groups in total. The number of esters is 1. The van der Waals surface area contributed by atoms with Gasteiger partial charge in [-0.1, -0.05) is 12.2 Å². The highest BCUT2D eigenvalue weighted by atomic mass is 79.9. The highest BCUT2D eigenvalue weighted by molar-refractivity contribution is 9.11. The van der Waals surface area contributed by atoms with Gasteiger partial charge in [-0.05, 0) is 44.0 Å². The molecule has 0 aliphatic carbocycles. The van der Waals surface area contributed by atoms with E-state index in [2.05, 4.69) is 36.8 Å². The number of benzene rings is 1. The van der Waals surface area contributed by atoms with Crippen LogP contribution in [0.4, 0.5) is 0 Å². The summed E-state index contributed by atoms with van der Waals surface area (Å²) in [4.78, 5) is 13.9. The van der Waals surface area contributed by atoms with Gasteiger partial charge >= 0.3 is 5.97 Å². The van der Waals surface area contributed by atoms with Crippen molar-refractivity contribution in [3.63, 3.8) is 0 Å². The third kappa shape index (κ3) is 3.78. The topological polar surface area (TPSA) is 38.8 Å². The Morgan fingerprint density at radius 2 is 1.85 bits per heavy atom. The summed E-state index contributed by atoms with van der Waals surface area (Å²) < 4.78 is 11.8. The first-order chi connectivity index (χ1) is 9.49. The Morgan fingerprint density at radius 1 is 1.30 bits per heavy atom. The van der Waals surface area contributed by atoms with Gasteiger partial charge in [0.25, 0.3) is 0 Å². The van der Waals surface area contributed by atoms with Crippen molar-refractivity contribution in [2.75, 3.05) is 26.3 Å². The lowest BCUT2D eigenvalue weighted by Gasteiger charge is -2.29. The third-order valence-electron chi connectivity index (χ3n) is 2.79. The lowest BCUT2D eigenvalue weighted by atomic mass is 10.2. The number of ether oxygens (including phenoxy) is 2. The number of carbonyl (C=O) groups is 1. The van der Waals surface area contributed by atoms with Crippen LogP contribution in [0.25, 0.3) is 0 Å². The molecule has 0 spiro atoms. The molecule has 1 aromatic rings. The predicted molar refractivity (Wildman–Crippen MR) is 87.2 cm³/mol. The third-order valence-corrected chi connectivity index (χ3v) is 4.46. The van der Waals surface area contributed by atoms with Crippen LogP contribution in [0.5, 0.6) is 5.75 Å². The van der Waals surface area contributed by atoms with E-state index in [0.29, 0.717) is 27.9 Å². The molecule has 0 amide bonds. The first-order valence-corrected chi connectivity index (χ1v) is 8.03. The van der Waals surface area contributed by atoms with Gasteiger partial charge in [0, 0.05) is 25.6 Å². The maximum Gasteiger partial charge on any atom is 0.308 e. The van der Waals surface area contributed by atoms with Crippen LogP contribution in [0.2, 0.25) is 0 Å². The fraction of sp³-hybridized carbons (Fsp3) is 0.385. The van der Waals surface area contributed by atoms with Crippen LogP contribution < -0.4 is 4.74 Å². The van der Waals surface area contributed by atoms with Gasteiger partial charge in [-0.3, -0.25) is 4.79 Å². The number of thiocarbonyl (C=S) groups is 1. The zero-order valence-electron chi connectivity index (χ0n) is 10.8. The Bertz CT molecular complexity index is 521. The largest absolute Gasteiger partial charge is 0.424 e. The summed E-state index contributed by atoms with van der Waals surface area (Å²) in [6.45, 7) is 4.33. The van der Waals surface area contributed by atoms with Crippen LogP contribution in [0.3, 0.4) is 0 Å². The molecule has 4 nitrogen and oxygen atoms in total. The van der Waals surface area contributed by atoms with E-state index in [-0.39, 0.29) is 5.97 Å². The molecule has 1 heterocycles. The van der Waals surface area contributed by atoms with E-state index in [0.717, 1.165) is 23.6 Å². The van der Waals surface area contributed by atoms with Gasteiger partial charge in [0.05, 0.1) is 22.2 Å². The average molecular weight is 423 g/mol. The summed E-state index contributed by atoms with van der Waals surface area (Å²) in [5, 5.41) is 0. The van der Waals surface area contributed by atoms with Gasteiger partial charge < -0.3 is 14.4 Å². The molecule has 108 valence electrons. The summed E-state index contributed by atoms with van der Waals surface area (Å²) in [7, 11) is 0. The van der Waals surface area contributed by atoms with E-state index in [1.54, 1.807) is 0 Å². The van der Waals surface area contributed by atoms with E-state index in [1.165, 1.54) is 6.92 Å². The molecule has 1 saturated heterocycles. The summed E-state index contributed by atoms with van der Waals surface area (Å²) in [6, 6.07) is 3.72. The van der Waals surface area contributed by atoms with Crippen LogP contribution >= 0.6 is 44.1 Å². The Kier molecular flexibility index (Phi) is 5.54. The Morgan fingerprint density at radius 3 is 2.35 bits per heavy atom. The van der Waals surface area contributed by atoms with E-state index in [1.807, 2.05) is 12.1 Å². The molecule has 0 aromatic heterocycles. The van der Waals surface area contributed by atoms with Crippen LogP contribution in [-0.4, -0.2) is 42.2 Å². The molecule has 0 unspecified atom stereocenters. The van der Waals surface area contributed by atoms with E-state index in [4.69, 9.17) is 21.7 Å². The predicted octanol–water partition coefficient (Wildman–Crippen LogP) is 3.14. The number of hydrogen-bond donors (Lipinski definition) is 0. The molecule has 0 radical (unpaired) electrons. The highest BCUT2D eigenvalue weighted by Gasteiger charge is 2.18. The molecule has 1 aliphatic rings. The van der Waals surface area contributed by atoms with Crippen molar-refractivity contribution in [2.45, 2.75) is 6.92 Å². The van der Waals surface area contributed by atoms with Crippen LogP contribution in [0.15, 0.2) is 21.1 Å². The Balaban J connectivity index is 2.24. The number of nitrogens with zero attached hydrogens (tertiary/aromatic N) is 1. The fourth-order valence-corrected chi connectivity index (χ4v) is 3.52. The molecule has 20 heavy (non-hydrogen) atoms. The van der Waals surface area contributed by atoms with E-state index in [9.17, 15) is 4.79 Å². The first kappa shape index (κ1) is 15.9. The van der Waals surface area contributed by atoms with Crippen LogP contribution in [0, 0.1) is 0 Å². The molecular weight excluding hydrogens is 410 g/mol. The maximum absolute atomic E-state index is 11.1. The molecule has 2 rings (SSSR count). The lowest BCUT2D eigenvalue weighted by Crippen LogP contribution is -2.40. The quantitative estimate of drug-likeness (QED) is 0.416. The second-order valence-electron chi connectivity index (χ2n) is 4.27. The Labute approximate surface area is 139 Å². The van der Waals surface area contributed by atoms with Gasteiger partial charge in [-0.25, -0.2) is 0 Å². The van der Waals surface area contributed by atoms with Crippen LogP contribution in [-0.2, 0) is 9.53 Å². The van der Waals surface area contributed by atoms with Gasteiger partial charge in [0.15, 0.2) is 5.75 Å². The minimum atomic E-state index is -0.366. The molecule has 7 heteroatoms. The molecule has 1 aliphatic heterocycles. The second-order valence-corrected chi connectivity index (χ2v) is 6.36. The lowest BCUT2D eigenvalue weighted by molar-refractivity contribution is -0.131. The van der Waals surface area contributed by atoms with Crippen molar-refractivity contribution in [1.82, 2.24) is 4.90 Å². The van der Waals surface area contributed by atoms with E-state index >= 15 is 0 Å². The van der Waals surface area contributed by atoms with Crippen LogP contribution in [0.1, 0.15) is 12.5 Å². The Hall–Kier alpha value is -0.500. The summed E-state index contributed by atoms with van der Waals surface area (Å²) >= 11 is 12.3. The van der Waals surface area contributed by atoms with Gasteiger partial charge in [0.2, 0.25) is 0 Å². The molecule has 1 fully saturated rings. The van der Waals surface area contributed by atoms with E-state index < -0.39 is 0 Å². The minimum Gasteiger partial charge on any atom is -0.424 e. The molecule has 0 bridgehead atoms. The number of morpholine rings is 1. The molecule has 0 saturated carbocycles. The maximum atomic E-state index is 11.1. The molecule has 0 atom stereocenters. The SMILES string of the molecule is CC(=O)Oc1c(Br)cc(C(=S)N2CCOCC2)cc1Br. The zero-order valence-corrected chi connectivity index (χ0v) is 14.8. The minimum absolute atomic E-state index is 0.366. The van der Waals surface area contributed by atoms with Gasteiger partial charge in [-0.15, -0.1) is 0 Å². The smallest absolute Gasteiger partial charge is 0.308 e. The first-order valence-electron chi connectivity index (χ1n) is 6.03. The summed E-state index contributed by atoms with van der Waals surface area (Å²) in [5.74, 6) is 0.0981.